The van der Waals surface area contributed by atoms with E-state index >= 15 is 0 Å². The Morgan fingerprint density at radius 3 is 2.61 bits per heavy atom. The van der Waals surface area contributed by atoms with Gasteiger partial charge in [0.1, 0.15) is 4.88 Å². The van der Waals surface area contributed by atoms with Crippen molar-refractivity contribution in [1.82, 2.24) is 0 Å². The van der Waals surface area contributed by atoms with Crippen molar-refractivity contribution >= 4 is 38.9 Å². The van der Waals surface area contributed by atoms with Gasteiger partial charge in [0.25, 0.3) is 0 Å². The largest absolute Gasteiger partial charge is 0.477 e. The van der Waals surface area contributed by atoms with Gasteiger partial charge in [-0.25, -0.2) is 4.79 Å². The van der Waals surface area contributed by atoms with Crippen LogP contribution in [0.5, 0.6) is 0 Å². The lowest BCUT2D eigenvalue weighted by Crippen LogP contribution is -2.15. The Kier molecular flexibility index (Phi) is 4.04. The van der Waals surface area contributed by atoms with Crippen molar-refractivity contribution in [1.29, 1.82) is 0 Å². The number of carboxylic acids is 1. The molecular formula is C13H12BrNO2S. The number of halogens is 1. The van der Waals surface area contributed by atoms with Crippen molar-refractivity contribution in [2.24, 2.45) is 0 Å². The molecular weight excluding hydrogens is 314 g/mol. The summed E-state index contributed by atoms with van der Waals surface area (Å²) >= 11 is 4.65. The molecule has 0 unspecified atom stereocenters. The number of rotatable bonds is 4. The Labute approximate surface area is 118 Å². The minimum atomic E-state index is -0.872. The van der Waals surface area contributed by atoms with Crippen LogP contribution in [0.1, 0.15) is 15.2 Å². The van der Waals surface area contributed by atoms with E-state index in [2.05, 4.69) is 15.9 Å². The molecule has 18 heavy (non-hydrogen) atoms. The summed E-state index contributed by atoms with van der Waals surface area (Å²) in [5, 5.41) is 10.8. The lowest BCUT2D eigenvalue weighted by Gasteiger charge is -2.17. The van der Waals surface area contributed by atoms with Crippen LogP contribution in [0.2, 0.25) is 0 Å². The molecule has 0 saturated carbocycles. The van der Waals surface area contributed by atoms with E-state index in [0.29, 0.717) is 4.88 Å². The average Bonchev–Trinajstić information content (AvgIpc) is 2.81. The number of anilines is 1. The van der Waals surface area contributed by atoms with Gasteiger partial charge in [-0.05, 0) is 23.8 Å². The van der Waals surface area contributed by atoms with E-state index in [0.717, 1.165) is 16.7 Å². The standard InChI is InChI=1S/C13H12BrNO2S/c1-15(7-9-2-4-10(14)5-3-9)11-6-12(13(16)17)18-8-11/h2-6,8H,7H2,1H3,(H,16,17). The molecule has 1 N–H and O–H groups in total. The minimum absolute atomic E-state index is 0.368. The number of aromatic carboxylic acids is 1. The molecule has 0 amide bonds. The Hall–Kier alpha value is -1.33. The molecule has 3 nitrogen and oxygen atoms in total. The van der Waals surface area contributed by atoms with E-state index < -0.39 is 5.97 Å². The smallest absolute Gasteiger partial charge is 0.345 e. The van der Waals surface area contributed by atoms with Crippen LogP contribution < -0.4 is 4.90 Å². The lowest BCUT2D eigenvalue weighted by atomic mass is 10.2. The fraction of sp³-hybridized carbons (Fsp3) is 0.154. The SMILES string of the molecule is CN(Cc1ccc(Br)cc1)c1csc(C(=O)O)c1. The molecule has 0 spiro atoms. The van der Waals surface area contributed by atoms with Gasteiger partial charge in [0, 0.05) is 29.1 Å². The van der Waals surface area contributed by atoms with E-state index in [1.54, 1.807) is 6.07 Å². The Bertz CT molecular complexity index is 550. The molecule has 0 saturated heterocycles. The average molecular weight is 326 g/mol. The van der Waals surface area contributed by atoms with Crippen molar-refractivity contribution in [3.8, 4) is 0 Å². The van der Waals surface area contributed by atoms with Gasteiger partial charge in [-0.1, -0.05) is 28.1 Å². The van der Waals surface area contributed by atoms with E-state index in [1.165, 1.54) is 16.9 Å². The number of carboxylic acid groups (broad SMARTS) is 1. The molecule has 5 heteroatoms. The van der Waals surface area contributed by atoms with Crippen molar-refractivity contribution in [3.63, 3.8) is 0 Å². The van der Waals surface area contributed by atoms with Crippen molar-refractivity contribution in [3.05, 3.63) is 50.6 Å². The molecule has 2 rings (SSSR count). The summed E-state index contributed by atoms with van der Waals surface area (Å²) in [5.74, 6) is -0.872. The highest BCUT2D eigenvalue weighted by Crippen LogP contribution is 2.24. The third-order valence-corrected chi connectivity index (χ3v) is 4.00. The van der Waals surface area contributed by atoms with Gasteiger partial charge in [-0.3, -0.25) is 0 Å². The van der Waals surface area contributed by atoms with Gasteiger partial charge < -0.3 is 10.0 Å². The third-order valence-electron chi connectivity index (χ3n) is 2.57. The molecule has 1 aromatic carbocycles. The second-order valence-electron chi connectivity index (χ2n) is 3.96. The zero-order valence-electron chi connectivity index (χ0n) is 9.76. The van der Waals surface area contributed by atoms with Crippen LogP contribution in [0.25, 0.3) is 0 Å². The summed E-state index contributed by atoms with van der Waals surface area (Å²) in [6, 6.07) is 9.79. The molecule has 0 bridgehead atoms. The van der Waals surface area contributed by atoms with Crippen LogP contribution in [0.4, 0.5) is 5.69 Å². The predicted octanol–water partition coefficient (Wildman–Crippen LogP) is 3.85. The second-order valence-corrected chi connectivity index (χ2v) is 5.78. The monoisotopic (exact) mass is 325 g/mol. The highest BCUT2D eigenvalue weighted by molar-refractivity contribution is 9.10. The van der Waals surface area contributed by atoms with Crippen LogP contribution in [-0.2, 0) is 6.54 Å². The quantitative estimate of drug-likeness (QED) is 0.928. The molecule has 1 heterocycles. The van der Waals surface area contributed by atoms with Crippen LogP contribution in [0, 0.1) is 0 Å². The zero-order chi connectivity index (χ0) is 13.1. The highest BCUT2D eigenvalue weighted by atomic mass is 79.9. The summed E-state index contributed by atoms with van der Waals surface area (Å²) in [4.78, 5) is 13.2. The highest BCUT2D eigenvalue weighted by Gasteiger charge is 2.09. The van der Waals surface area contributed by atoms with Crippen LogP contribution in [0.3, 0.4) is 0 Å². The number of hydrogen-bond donors (Lipinski definition) is 1. The zero-order valence-corrected chi connectivity index (χ0v) is 12.2. The van der Waals surface area contributed by atoms with Crippen molar-refractivity contribution in [2.75, 3.05) is 11.9 Å². The third kappa shape index (κ3) is 3.11. The van der Waals surface area contributed by atoms with E-state index in [4.69, 9.17) is 5.11 Å². The minimum Gasteiger partial charge on any atom is -0.477 e. The molecule has 0 radical (unpaired) electrons. The van der Waals surface area contributed by atoms with Crippen LogP contribution in [0.15, 0.2) is 40.2 Å². The Balaban J connectivity index is 2.09. The first kappa shape index (κ1) is 13.1. The summed E-state index contributed by atoms with van der Waals surface area (Å²) in [6.07, 6.45) is 0. The van der Waals surface area contributed by atoms with Gasteiger partial charge in [0.2, 0.25) is 0 Å². The predicted molar refractivity (Wildman–Crippen MR) is 77.5 cm³/mol. The molecule has 1 aromatic heterocycles. The maximum absolute atomic E-state index is 10.8. The van der Waals surface area contributed by atoms with Crippen molar-refractivity contribution < 1.29 is 9.90 Å². The topological polar surface area (TPSA) is 40.5 Å². The molecule has 0 aliphatic heterocycles. The number of carbonyl (C=O) groups is 1. The normalized spacial score (nSPS) is 10.3. The maximum atomic E-state index is 10.8. The van der Waals surface area contributed by atoms with Gasteiger partial charge in [-0.2, -0.15) is 0 Å². The fourth-order valence-electron chi connectivity index (χ4n) is 1.59. The summed E-state index contributed by atoms with van der Waals surface area (Å²) < 4.78 is 1.05. The summed E-state index contributed by atoms with van der Waals surface area (Å²) in [7, 11) is 1.95. The lowest BCUT2D eigenvalue weighted by molar-refractivity contribution is 0.0702. The van der Waals surface area contributed by atoms with E-state index in [-0.39, 0.29) is 0 Å². The van der Waals surface area contributed by atoms with E-state index in [9.17, 15) is 4.79 Å². The molecule has 0 atom stereocenters. The van der Waals surface area contributed by atoms with Gasteiger partial charge in [0.05, 0.1) is 0 Å². The molecule has 94 valence electrons. The van der Waals surface area contributed by atoms with Gasteiger partial charge >= 0.3 is 5.97 Å². The number of thiophene rings is 1. The van der Waals surface area contributed by atoms with Crippen molar-refractivity contribution in [2.45, 2.75) is 6.54 Å². The molecule has 2 aromatic rings. The Morgan fingerprint density at radius 1 is 1.39 bits per heavy atom. The molecule has 0 aliphatic rings. The molecule has 0 aliphatic carbocycles. The number of benzene rings is 1. The molecule has 0 fully saturated rings. The van der Waals surface area contributed by atoms with Gasteiger partial charge in [0.15, 0.2) is 0 Å². The second kappa shape index (κ2) is 5.54. The first-order valence-corrected chi connectivity index (χ1v) is 7.01. The first-order chi connectivity index (χ1) is 8.56. The van der Waals surface area contributed by atoms with E-state index in [1.807, 2.05) is 41.6 Å². The number of hydrogen-bond acceptors (Lipinski definition) is 3. The van der Waals surface area contributed by atoms with Crippen LogP contribution >= 0.6 is 27.3 Å². The first-order valence-electron chi connectivity index (χ1n) is 5.33. The summed E-state index contributed by atoms with van der Waals surface area (Å²) in [6.45, 7) is 0.753. The fourth-order valence-corrected chi connectivity index (χ4v) is 2.64. The van der Waals surface area contributed by atoms with Crippen LogP contribution in [-0.4, -0.2) is 18.1 Å². The number of nitrogens with zero attached hydrogens (tertiary/aromatic N) is 1. The summed E-state index contributed by atoms with van der Waals surface area (Å²) in [5.41, 5.74) is 2.11. The van der Waals surface area contributed by atoms with Gasteiger partial charge in [-0.15, -0.1) is 11.3 Å². The maximum Gasteiger partial charge on any atom is 0.345 e. The Morgan fingerprint density at radius 2 is 2.06 bits per heavy atom.